The lowest BCUT2D eigenvalue weighted by atomic mass is 10.2. The average Bonchev–Trinajstić information content (AvgIpc) is 2.73. The van der Waals surface area contributed by atoms with Gasteiger partial charge in [-0.2, -0.15) is 5.10 Å². The highest BCUT2D eigenvalue weighted by Crippen LogP contribution is 2.25. The van der Waals surface area contributed by atoms with Crippen LogP contribution >= 0.6 is 31.9 Å². The van der Waals surface area contributed by atoms with E-state index in [9.17, 15) is 13.2 Å². The third-order valence-electron chi connectivity index (χ3n) is 3.98. The van der Waals surface area contributed by atoms with Gasteiger partial charge in [0, 0.05) is 8.95 Å². The predicted molar refractivity (Wildman–Crippen MR) is 125 cm³/mol. The summed E-state index contributed by atoms with van der Waals surface area (Å²) in [6, 6.07) is 22.0. The smallest absolute Gasteiger partial charge is 0.264 e. The van der Waals surface area contributed by atoms with Crippen molar-refractivity contribution >= 4 is 59.7 Å². The molecular formula is C21H17Br2N3O3S. The predicted octanol–water partition coefficient (Wildman–Crippen LogP) is 4.56. The van der Waals surface area contributed by atoms with E-state index in [1.807, 2.05) is 24.3 Å². The molecule has 0 spiro atoms. The molecule has 30 heavy (non-hydrogen) atoms. The largest absolute Gasteiger partial charge is 0.271 e. The number of hydrogen-bond acceptors (Lipinski definition) is 4. The van der Waals surface area contributed by atoms with Crippen LogP contribution in [-0.2, 0) is 14.8 Å². The number of anilines is 1. The van der Waals surface area contributed by atoms with E-state index in [0.29, 0.717) is 5.69 Å². The molecule has 0 atom stereocenters. The van der Waals surface area contributed by atoms with Crippen LogP contribution in [0.3, 0.4) is 0 Å². The Hall–Kier alpha value is -2.49. The number of sulfonamides is 1. The summed E-state index contributed by atoms with van der Waals surface area (Å²) in [6.45, 7) is -0.422. The lowest BCUT2D eigenvalue weighted by Gasteiger charge is -2.23. The van der Waals surface area contributed by atoms with Crippen LogP contribution in [0.5, 0.6) is 0 Å². The van der Waals surface area contributed by atoms with E-state index < -0.39 is 22.5 Å². The van der Waals surface area contributed by atoms with Crippen LogP contribution in [0.1, 0.15) is 5.56 Å². The Morgan fingerprint density at radius 2 is 1.63 bits per heavy atom. The van der Waals surface area contributed by atoms with E-state index in [-0.39, 0.29) is 4.90 Å². The van der Waals surface area contributed by atoms with E-state index >= 15 is 0 Å². The highest BCUT2D eigenvalue weighted by atomic mass is 79.9. The number of nitrogens with zero attached hydrogens (tertiary/aromatic N) is 2. The first-order valence-electron chi connectivity index (χ1n) is 8.77. The van der Waals surface area contributed by atoms with E-state index in [4.69, 9.17) is 0 Å². The molecule has 9 heteroatoms. The minimum absolute atomic E-state index is 0.0957. The normalized spacial score (nSPS) is 11.4. The number of rotatable bonds is 7. The Balaban J connectivity index is 1.82. The highest BCUT2D eigenvalue weighted by Gasteiger charge is 2.27. The zero-order valence-electron chi connectivity index (χ0n) is 15.6. The number of hydrogen-bond donors (Lipinski definition) is 1. The van der Waals surface area contributed by atoms with Crippen molar-refractivity contribution in [2.24, 2.45) is 5.10 Å². The number of hydrazone groups is 1. The molecule has 0 aliphatic carbocycles. The van der Waals surface area contributed by atoms with E-state index in [1.165, 1.54) is 18.3 Å². The molecule has 0 bridgehead atoms. The zero-order valence-corrected chi connectivity index (χ0v) is 19.6. The summed E-state index contributed by atoms with van der Waals surface area (Å²) in [4.78, 5) is 12.6. The molecule has 0 saturated carbocycles. The van der Waals surface area contributed by atoms with Gasteiger partial charge in [-0.1, -0.05) is 62.2 Å². The van der Waals surface area contributed by atoms with Crippen molar-refractivity contribution < 1.29 is 13.2 Å². The maximum absolute atomic E-state index is 13.2. The molecule has 0 heterocycles. The Morgan fingerprint density at radius 3 is 2.30 bits per heavy atom. The molecule has 3 aromatic carbocycles. The Labute approximate surface area is 191 Å². The first-order valence-corrected chi connectivity index (χ1v) is 11.8. The fourth-order valence-corrected chi connectivity index (χ4v) is 4.70. The first-order chi connectivity index (χ1) is 14.4. The molecule has 6 nitrogen and oxygen atoms in total. The van der Waals surface area contributed by atoms with Gasteiger partial charge in [-0.05, 0) is 54.1 Å². The summed E-state index contributed by atoms with van der Waals surface area (Å²) in [5.74, 6) is -0.566. The highest BCUT2D eigenvalue weighted by molar-refractivity contribution is 9.10. The molecule has 3 aromatic rings. The second kappa shape index (κ2) is 10.0. The van der Waals surface area contributed by atoms with Gasteiger partial charge in [0.1, 0.15) is 6.54 Å². The van der Waals surface area contributed by atoms with Gasteiger partial charge in [-0.15, -0.1) is 0 Å². The third kappa shape index (κ3) is 5.78. The minimum Gasteiger partial charge on any atom is -0.271 e. The summed E-state index contributed by atoms with van der Waals surface area (Å²) < 4.78 is 29.1. The van der Waals surface area contributed by atoms with Crippen LogP contribution in [0.25, 0.3) is 0 Å². The molecule has 0 unspecified atom stereocenters. The van der Waals surface area contributed by atoms with Gasteiger partial charge in [-0.25, -0.2) is 13.8 Å². The van der Waals surface area contributed by atoms with Crippen LogP contribution in [0, 0.1) is 0 Å². The molecule has 0 aliphatic heterocycles. The number of nitrogens with one attached hydrogen (secondary N) is 1. The summed E-state index contributed by atoms with van der Waals surface area (Å²) in [5, 5.41) is 3.92. The van der Waals surface area contributed by atoms with E-state index in [0.717, 1.165) is 18.8 Å². The molecule has 0 aromatic heterocycles. The van der Waals surface area contributed by atoms with Crippen molar-refractivity contribution in [3.05, 3.63) is 93.4 Å². The topological polar surface area (TPSA) is 78.8 Å². The Morgan fingerprint density at radius 1 is 0.933 bits per heavy atom. The lowest BCUT2D eigenvalue weighted by molar-refractivity contribution is -0.119. The number of benzene rings is 3. The number of carbonyl (C=O) groups is 1. The van der Waals surface area contributed by atoms with Crippen molar-refractivity contribution in [1.82, 2.24) is 5.43 Å². The standard InChI is InChI=1S/C21H17Br2N3O3S/c22-17-9-11-19(12-10-17)26(30(28,29)20-7-2-1-3-8-20)15-21(27)25-24-14-16-5-4-6-18(23)13-16/h1-14H,15H2,(H,25,27)/b24-14-. The lowest BCUT2D eigenvalue weighted by Crippen LogP contribution is -2.39. The summed E-state index contributed by atoms with van der Waals surface area (Å²) in [6.07, 6.45) is 1.48. The minimum atomic E-state index is -3.95. The maximum atomic E-state index is 13.2. The molecule has 1 amide bonds. The van der Waals surface area contributed by atoms with Crippen LogP contribution < -0.4 is 9.73 Å². The molecule has 1 N–H and O–H groups in total. The van der Waals surface area contributed by atoms with E-state index in [2.05, 4.69) is 42.4 Å². The van der Waals surface area contributed by atoms with Crippen LogP contribution in [0.2, 0.25) is 0 Å². The number of halogens is 2. The summed E-state index contributed by atoms with van der Waals surface area (Å²) in [7, 11) is -3.95. The Kier molecular flexibility index (Phi) is 7.41. The molecule has 0 saturated heterocycles. The van der Waals surface area contributed by atoms with E-state index in [1.54, 1.807) is 42.5 Å². The van der Waals surface area contributed by atoms with Gasteiger partial charge in [0.05, 0.1) is 16.8 Å². The first kappa shape index (κ1) is 22.2. The van der Waals surface area contributed by atoms with Gasteiger partial charge in [-0.3, -0.25) is 9.10 Å². The molecule has 3 rings (SSSR count). The van der Waals surface area contributed by atoms with Gasteiger partial charge < -0.3 is 0 Å². The van der Waals surface area contributed by atoms with Gasteiger partial charge in [0.2, 0.25) is 0 Å². The maximum Gasteiger partial charge on any atom is 0.264 e. The summed E-state index contributed by atoms with van der Waals surface area (Å²) >= 11 is 6.70. The van der Waals surface area contributed by atoms with Crippen LogP contribution in [0.15, 0.2) is 97.8 Å². The number of amides is 1. The Bertz CT molecular complexity index is 1150. The second-order valence-electron chi connectivity index (χ2n) is 6.15. The molecule has 0 aliphatic rings. The quantitative estimate of drug-likeness (QED) is 0.346. The van der Waals surface area contributed by atoms with Crippen molar-refractivity contribution in [2.45, 2.75) is 4.90 Å². The van der Waals surface area contributed by atoms with Crippen LogP contribution in [-0.4, -0.2) is 27.1 Å². The fourth-order valence-electron chi connectivity index (χ4n) is 2.57. The molecule has 154 valence electrons. The van der Waals surface area contributed by atoms with Crippen LogP contribution in [0.4, 0.5) is 5.69 Å². The van der Waals surface area contributed by atoms with Gasteiger partial charge in [0.15, 0.2) is 0 Å². The van der Waals surface area contributed by atoms with Gasteiger partial charge in [0.25, 0.3) is 15.9 Å². The fraction of sp³-hybridized carbons (Fsp3) is 0.0476. The van der Waals surface area contributed by atoms with Crippen molar-refractivity contribution in [3.63, 3.8) is 0 Å². The number of carbonyl (C=O) groups excluding carboxylic acids is 1. The molecule has 0 fully saturated rings. The van der Waals surface area contributed by atoms with Crippen molar-refractivity contribution in [1.29, 1.82) is 0 Å². The van der Waals surface area contributed by atoms with Crippen molar-refractivity contribution in [3.8, 4) is 0 Å². The zero-order chi connectivity index (χ0) is 21.6. The van der Waals surface area contributed by atoms with Crippen molar-refractivity contribution in [2.75, 3.05) is 10.8 Å². The monoisotopic (exact) mass is 549 g/mol. The summed E-state index contributed by atoms with van der Waals surface area (Å²) in [5.41, 5.74) is 3.54. The molecular weight excluding hydrogens is 534 g/mol. The molecule has 0 radical (unpaired) electrons. The SMILES string of the molecule is O=C(CN(c1ccc(Br)cc1)S(=O)(=O)c1ccccc1)N/N=C\c1cccc(Br)c1. The third-order valence-corrected chi connectivity index (χ3v) is 6.79. The average molecular weight is 551 g/mol. The second-order valence-corrected chi connectivity index (χ2v) is 9.84. The van der Waals surface area contributed by atoms with Gasteiger partial charge >= 0.3 is 0 Å².